The predicted molar refractivity (Wildman–Crippen MR) is 113 cm³/mol. The number of rotatable bonds is 7. The van der Waals surface area contributed by atoms with Crippen LogP contribution in [0.5, 0.6) is 0 Å². The summed E-state index contributed by atoms with van der Waals surface area (Å²) >= 11 is 1.67. The molecule has 28 heavy (non-hydrogen) atoms. The van der Waals surface area contributed by atoms with Crippen molar-refractivity contribution in [1.82, 2.24) is 0 Å². The Balaban J connectivity index is 1.79. The average molecular weight is 392 g/mol. The number of allylic oxidation sites excluding steroid dienone is 1. The van der Waals surface area contributed by atoms with Crippen LogP contribution in [0.4, 0.5) is 4.39 Å². The second-order valence-corrected chi connectivity index (χ2v) is 7.50. The quantitative estimate of drug-likeness (QED) is 0.337. The van der Waals surface area contributed by atoms with E-state index in [2.05, 4.69) is 24.3 Å². The van der Waals surface area contributed by atoms with Gasteiger partial charge in [0.1, 0.15) is 5.82 Å². The van der Waals surface area contributed by atoms with Gasteiger partial charge in [-0.15, -0.1) is 11.8 Å². The van der Waals surface area contributed by atoms with Crippen LogP contribution < -0.4 is 0 Å². The van der Waals surface area contributed by atoms with Crippen molar-refractivity contribution in [3.05, 3.63) is 107 Å². The van der Waals surface area contributed by atoms with Gasteiger partial charge in [0.2, 0.25) is 0 Å². The smallest absolute Gasteiger partial charge is 0.337 e. The number of halogens is 1. The molecule has 0 N–H and O–H groups in total. The van der Waals surface area contributed by atoms with Crippen LogP contribution in [0.2, 0.25) is 0 Å². The van der Waals surface area contributed by atoms with E-state index < -0.39 is 0 Å². The minimum atomic E-state index is -0.349. The second kappa shape index (κ2) is 9.90. The van der Waals surface area contributed by atoms with Gasteiger partial charge in [0.25, 0.3) is 0 Å². The maximum Gasteiger partial charge on any atom is 0.337 e. The van der Waals surface area contributed by atoms with Crippen molar-refractivity contribution in [2.24, 2.45) is 0 Å². The van der Waals surface area contributed by atoms with Crippen molar-refractivity contribution < 1.29 is 13.9 Å². The molecule has 0 bridgehead atoms. The lowest BCUT2D eigenvalue weighted by atomic mass is 10.1. The molecule has 0 aliphatic carbocycles. The third-order valence-corrected chi connectivity index (χ3v) is 5.55. The van der Waals surface area contributed by atoms with E-state index in [1.54, 1.807) is 36.0 Å². The second-order valence-electron chi connectivity index (χ2n) is 6.22. The van der Waals surface area contributed by atoms with Gasteiger partial charge >= 0.3 is 5.97 Å². The molecule has 3 rings (SSSR count). The van der Waals surface area contributed by atoms with Gasteiger partial charge in [-0.2, -0.15) is 0 Å². The number of hydrogen-bond donors (Lipinski definition) is 0. The normalized spacial score (nSPS) is 12.1. The number of carbonyl (C=O) groups excluding carboxylic acids is 1. The number of ether oxygens (including phenoxy) is 1. The molecule has 1 unspecified atom stereocenters. The van der Waals surface area contributed by atoms with E-state index in [1.165, 1.54) is 19.2 Å². The Labute approximate surface area is 169 Å². The highest BCUT2D eigenvalue weighted by molar-refractivity contribution is 7.99. The lowest BCUT2D eigenvalue weighted by Gasteiger charge is -2.16. The number of hydrogen-bond acceptors (Lipinski definition) is 3. The summed E-state index contributed by atoms with van der Waals surface area (Å²) in [6.07, 6.45) is 5.04. The Morgan fingerprint density at radius 1 is 1.00 bits per heavy atom. The molecule has 0 aliphatic rings. The summed E-state index contributed by atoms with van der Waals surface area (Å²) in [5.41, 5.74) is 2.77. The van der Waals surface area contributed by atoms with Crippen LogP contribution in [-0.2, 0) is 4.74 Å². The molecule has 3 aromatic carbocycles. The Hall–Kier alpha value is -2.85. The van der Waals surface area contributed by atoms with Crippen LogP contribution in [0.15, 0.2) is 89.8 Å². The molecular weight excluding hydrogens is 371 g/mol. The van der Waals surface area contributed by atoms with E-state index >= 15 is 0 Å². The molecular formula is C24H21FO2S. The standard InChI is InChI=1S/C24H21FO2S/c1-27-24(26)20-12-10-19(11-13-20)23(28-22-16-14-21(25)15-17-22)9-5-8-18-6-3-2-4-7-18/h2-8,10-17,23H,9H2,1H3. The molecule has 0 aliphatic heterocycles. The first-order valence-electron chi connectivity index (χ1n) is 8.98. The van der Waals surface area contributed by atoms with Gasteiger partial charge in [-0.1, -0.05) is 54.6 Å². The summed E-state index contributed by atoms with van der Waals surface area (Å²) in [7, 11) is 1.37. The van der Waals surface area contributed by atoms with Crippen LogP contribution in [0, 0.1) is 5.82 Å². The zero-order chi connectivity index (χ0) is 19.8. The number of carbonyl (C=O) groups is 1. The summed E-state index contributed by atoms with van der Waals surface area (Å²) < 4.78 is 18.0. The molecule has 0 saturated carbocycles. The molecule has 0 aromatic heterocycles. The Morgan fingerprint density at radius 3 is 2.32 bits per heavy atom. The molecule has 0 fully saturated rings. The van der Waals surface area contributed by atoms with Gasteiger partial charge in [0, 0.05) is 10.1 Å². The molecule has 4 heteroatoms. The number of methoxy groups -OCH3 is 1. The van der Waals surface area contributed by atoms with E-state index in [-0.39, 0.29) is 17.0 Å². The van der Waals surface area contributed by atoms with Gasteiger partial charge in [-0.3, -0.25) is 0 Å². The Bertz CT molecular complexity index is 919. The van der Waals surface area contributed by atoms with Crippen LogP contribution in [-0.4, -0.2) is 13.1 Å². The van der Waals surface area contributed by atoms with Crippen molar-refractivity contribution in [3.63, 3.8) is 0 Å². The third-order valence-electron chi connectivity index (χ3n) is 4.26. The van der Waals surface area contributed by atoms with Crippen LogP contribution in [0.1, 0.15) is 33.2 Å². The first-order chi connectivity index (χ1) is 13.7. The maximum atomic E-state index is 13.2. The molecule has 3 aromatic rings. The fraction of sp³-hybridized carbons (Fsp3) is 0.125. The van der Waals surface area contributed by atoms with Crippen molar-refractivity contribution in [1.29, 1.82) is 0 Å². The summed E-state index contributed by atoms with van der Waals surface area (Å²) in [6.45, 7) is 0. The summed E-state index contributed by atoms with van der Waals surface area (Å²) in [4.78, 5) is 12.7. The lowest BCUT2D eigenvalue weighted by molar-refractivity contribution is 0.0600. The van der Waals surface area contributed by atoms with Gasteiger partial charge in [0.15, 0.2) is 0 Å². The Kier molecular flexibility index (Phi) is 7.04. The monoisotopic (exact) mass is 392 g/mol. The van der Waals surface area contributed by atoms with Crippen LogP contribution in [0.3, 0.4) is 0 Å². The molecule has 0 spiro atoms. The maximum absolute atomic E-state index is 13.2. The topological polar surface area (TPSA) is 26.3 Å². The van der Waals surface area contributed by atoms with Gasteiger partial charge < -0.3 is 4.74 Å². The molecule has 2 nitrogen and oxygen atoms in total. The lowest BCUT2D eigenvalue weighted by Crippen LogP contribution is -2.01. The zero-order valence-corrected chi connectivity index (χ0v) is 16.4. The third kappa shape index (κ3) is 5.57. The summed E-state index contributed by atoms with van der Waals surface area (Å²) in [6, 6.07) is 24.1. The Morgan fingerprint density at radius 2 is 1.68 bits per heavy atom. The van der Waals surface area contributed by atoms with Gasteiger partial charge in [0.05, 0.1) is 12.7 Å². The summed E-state index contributed by atoms with van der Waals surface area (Å²) in [5.74, 6) is -0.592. The van der Waals surface area contributed by atoms with Crippen LogP contribution in [0.25, 0.3) is 6.08 Å². The molecule has 0 heterocycles. The summed E-state index contributed by atoms with van der Waals surface area (Å²) in [5, 5.41) is 0.136. The minimum Gasteiger partial charge on any atom is -0.465 e. The van der Waals surface area contributed by atoms with E-state index in [0.29, 0.717) is 5.56 Å². The highest BCUT2D eigenvalue weighted by atomic mass is 32.2. The van der Waals surface area contributed by atoms with Gasteiger partial charge in [-0.25, -0.2) is 9.18 Å². The largest absolute Gasteiger partial charge is 0.465 e. The van der Waals surface area contributed by atoms with Gasteiger partial charge in [-0.05, 0) is 53.9 Å². The van der Waals surface area contributed by atoms with E-state index in [0.717, 1.165) is 22.4 Å². The predicted octanol–water partition coefficient (Wildman–Crippen LogP) is 6.55. The van der Waals surface area contributed by atoms with E-state index in [9.17, 15) is 9.18 Å². The highest BCUT2D eigenvalue weighted by Crippen LogP contribution is 2.38. The van der Waals surface area contributed by atoms with Crippen molar-refractivity contribution >= 4 is 23.8 Å². The fourth-order valence-corrected chi connectivity index (χ4v) is 3.90. The fourth-order valence-electron chi connectivity index (χ4n) is 2.77. The van der Waals surface area contributed by atoms with E-state index in [1.807, 2.05) is 30.3 Å². The molecule has 142 valence electrons. The SMILES string of the molecule is COC(=O)c1ccc(C(CC=Cc2ccccc2)Sc2ccc(F)cc2)cc1. The molecule has 1 atom stereocenters. The molecule has 0 radical (unpaired) electrons. The van der Waals surface area contributed by atoms with Crippen molar-refractivity contribution in [2.75, 3.05) is 7.11 Å². The van der Waals surface area contributed by atoms with Crippen molar-refractivity contribution in [2.45, 2.75) is 16.6 Å². The number of thioether (sulfide) groups is 1. The zero-order valence-electron chi connectivity index (χ0n) is 15.5. The highest BCUT2D eigenvalue weighted by Gasteiger charge is 2.14. The average Bonchev–Trinajstić information content (AvgIpc) is 2.75. The minimum absolute atomic E-state index is 0.136. The van der Waals surface area contributed by atoms with Crippen LogP contribution >= 0.6 is 11.8 Å². The first-order valence-corrected chi connectivity index (χ1v) is 9.86. The molecule has 0 saturated heterocycles. The first kappa shape index (κ1) is 19.9. The van der Waals surface area contributed by atoms with E-state index in [4.69, 9.17) is 4.74 Å². The van der Waals surface area contributed by atoms with Crippen molar-refractivity contribution in [3.8, 4) is 0 Å². The number of esters is 1. The number of benzene rings is 3. The molecule has 0 amide bonds.